The number of hydrogen-bond acceptors (Lipinski definition) is 3. The van der Waals surface area contributed by atoms with E-state index in [0.717, 1.165) is 45.0 Å². The maximum Gasteiger partial charge on any atom is 0.119 e. The topological polar surface area (TPSA) is 52.5 Å². The molecule has 4 nitrogen and oxygen atoms in total. The van der Waals surface area contributed by atoms with Gasteiger partial charge in [-0.15, -0.1) is 0 Å². The average molecular weight is 281 g/mol. The van der Waals surface area contributed by atoms with Gasteiger partial charge in [0.25, 0.3) is 0 Å². The van der Waals surface area contributed by atoms with Crippen LogP contribution in [-0.4, -0.2) is 16.7 Å². The fourth-order valence-electron chi connectivity index (χ4n) is 2.77. The Balaban J connectivity index is 2.32. The third-order valence-corrected chi connectivity index (χ3v) is 3.77. The van der Waals surface area contributed by atoms with Crippen molar-refractivity contribution in [3.63, 3.8) is 0 Å². The lowest BCUT2D eigenvalue weighted by Crippen LogP contribution is -2.01. The maximum atomic E-state index is 6.12. The second-order valence-corrected chi connectivity index (χ2v) is 5.39. The van der Waals surface area contributed by atoms with Crippen LogP contribution in [0.1, 0.15) is 16.8 Å². The molecular weight excluding hydrogens is 262 g/mol. The summed E-state index contributed by atoms with van der Waals surface area (Å²) in [7, 11) is 1.68. The molecule has 0 aliphatic heterocycles. The predicted molar refractivity (Wildman–Crippen MR) is 85.8 cm³/mol. The van der Waals surface area contributed by atoms with Gasteiger partial charge >= 0.3 is 0 Å². The van der Waals surface area contributed by atoms with Crippen molar-refractivity contribution in [1.29, 1.82) is 0 Å². The number of benzene rings is 1. The van der Waals surface area contributed by atoms with Crippen LogP contribution >= 0.6 is 0 Å². The smallest absolute Gasteiger partial charge is 0.119 e. The van der Waals surface area contributed by atoms with Crippen molar-refractivity contribution in [2.24, 2.45) is 0 Å². The number of anilines is 1. The van der Waals surface area contributed by atoms with Crippen LogP contribution in [0.25, 0.3) is 16.8 Å². The van der Waals surface area contributed by atoms with Gasteiger partial charge in [-0.05, 0) is 62.2 Å². The number of aryl methyl sites for hydroxylation is 3. The van der Waals surface area contributed by atoms with Crippen LogP contribution in [-0.2, 0) is 0 Å². The van der Waals surface area contributed by atoms with E-state index in [-0.39, 0.29) is 0 Å². The first kappa shape index (κ1) is 13.5. The Hall–Kier alpha value is -2.49. The number of aromatic nitrogens is 2. The van der Waals surface area contributed by atoms with Gasteiger partial charge in [0.15, 0.2) is 0 Å². The van der Waals surface area contributed by atoms with E-state index in [1.807, 2.05) is 29.6 Å². The lowest BCUT2D eigenvalue weighted by atomic mass is 10.0. The highest BCUT2D eigenvalue weighted by Crippen LogP contribution is 2.32. The second kappa shape index (κ2) is 4.81. The summed E-state index contributed by atoms with van der Waals surface area (Å²) in [6.07, 6.45) is 0. The van der Waals surface area contributed by atoms with Crippen LogP contribution in [0.2, 0.25) is 0 Å². The van der Waals surface area contributed by atoms with Gasteiger partial charge in [-0.2, -0.15) is 5.10 Å². The fraction of sp³-hybridized carbons (Fsp3) is 0.235. The Morgan fingerprint density at radius 1 is 1.05 bits per heavy atom. The van der Waals surface area contributed by atoms with Crippen LogP contribution in [0.5, 0.6) is 5.75 Å². The number of nitrogens with zero attached hydrogens (tertiary/aromatic N) is 2. The summed E-state index contributed by atoms with van der Waals surface area (Å²) in [5.41, 5.74) is 13.3. The van der Waals surface area contributed by atoms with E-state index in [4.69, 9.17) is 10.5 Å². The highest BCUT2D eigenvalue weighted by molar-refractivity contribution is 5.79. The van der Waals surface area contributed by atoms with Crippen molar-refractivity contribution in [1.82, 2.24) is 9.61 Å². The van der Waals surface area contributed by atoms with Crippen LogP contribution in [0.4, 0.5) is 5.69 Å². The van der Waals surface area contributed by atoms with E-state index in [9.17, 15) is 0 Å². The largest absolute Gasteiger partial charge is 0.497 e. The number of nitrogen functional groups attached to an aromatic ring is 1. The zero-order valence-corrected chi connectivity index (χ0v) is 12.8. The van der Waals surface area contributed by atoms with Crippen LogP contribution in [0, 0.1) is 20.8 Å². The number of methoxy groups -OCH3 is 1. The molecule has 21 heavy (non-hydrogen) atoms. The molecule has 0 amide bonds. The monoisotopic (exact) mass is 281 g/mol. The van der Waals surface area contributed by atoms with Crippen molar-refractivity contribution < 1.29 is 4.74 Å². The molecule has 0 fully saturated rings. The minimum Gasteiger partial charge on any atom is -0.497 e. The quantitative estimate of drug-likeness (QED) is 0.782. The van der Waals surface area contributed by atoms with E-state index in [1.165, 1.54) is 0 Å². The van der Waals surface area contributed by atoms with Gasteiger partial charge < -0.3 is 10.5 Å². The van der Waals surface area contributed by atoms with E-state index in [2.05, 4.69) is 31.1 Å². The van der Waals surface area contributed by atoms with E-state index < -0.39 is 0 Å². The van der Waals surface area contributed by atoms with Gasteiger partial charge in [-0.3, -0.25) is 0 Å². The van der Waals surface area contributed by atoms with E-state index in [0.29, 0.717) is 0 Å². The van der Waals surface area contributed by atoms with Gasteiger partial charge in [-0.25, -0.2) is 4.52 Å². The van der Waals surface area contributed by atoms with Crippen LogP contribution < -0.4 is 10.5 Å². The number of hydrogen-bond donors (Lipinski definition) is 1. The van der Waals surface area contributed by atoms with Crippen molar-refractivity contribution in [2.75, 3.05) is 12.8 Å². The molecule has 0 aliphatic rings. The lowest BCUT2D eigenvalue weighted by molar-refractivity contribution is 0.414. The predicted octanol–water partition coefficient (Wildman–Crippen LogP) is 3.52. The molecule has 0 saturated carbocycles. The highest BCUT2D eigenvalue weighted by Gasteiger charge is 2.15. The van der Waals surface area contributed by atoms with Crippen LogP contribution in [0.15, 0.2) is 30.3 Å². The molecule has 2 heterocycles. The molecule has 3 rings (SSSR count). The van der Waals surface area contributed by atoms with Crippen molar-refractivity contribution in [3.05, 3.63) is 47.2 Å². The lowest BCUT2D eigenvalue weighted by Gasteiger charge is -2.10. The molecule has 108 valence electrons. The van der Waals surface area contributed by atoms with Gasteiger partial charge in [0, 0.05) is 5.56 Å². The minimum absolute atomic E-state index is 0.753. The molecule has 0 bridgehead atoms. The zero-order chi connectivity index (χ0) is 15.1. The Kier molecular flexibility index (Phi) is 3.09. The number of nitrogens with two attached hydrogens (primary N) is 1. The molecule has 2 N–H and O–H groups in total. The molecule has 0 saturated heterocycles. The van der Waals surface area contributed by atoms with Gasteiger partial charge in [-0.1, -0.05) is 0 Å². The molecule has 0 unspecified atom stereocenters. The van der Waals surface area contributed by atoms with Crippen molar-refractivity contribution in [2.45, 2.75) is 20.8 Å². The average Bonchev–Trinajstić information content (AvgIpc) is 2.75. The summed E-state index contributed by atoms with van der Waals surface area (Å²) >= 11 is 0. The number of rotatable bonds is 2. The first-order valence-electron chi connectivity index (χ1n) is 6.91. The Bertz CT molecular complexity index is 834. The Labute approximate surface area is 124 Å². The second-order valence-electron chi connectivity index (χ2n) is 5.39. The summed E-state index contributed by atoms with van der Waals surface area (Å²) in [5, 5.41) is 4.62. The van der Waals surface area contributed by atoms with Crippen molar-refractivity contribution >= 4 is 11.2 Å². The third-order valence-electron chi connectivity index (χ3n) is 3.77. The molecule has 0 aliphatic carbocycles. The molecule has 1 aromatic carbocycles. The van der Waals surface area contributed by atoms with E-state index in [1.54, 1.807) is 7.11 Å². The summed E-state index contributed by atoms with van der Waals surface area (Å²) in [6.45, 7) is 6.12. The van der Waals surface area contributed by atoms with Gasteiger partial charge in [0.1, 0.15) is 5.75 Å². The number of fused-ring (bicyclic) bond motifs is 1. The number of ether oxygens (including phenoxy) is 1. The van der Waals surface area contributed by atoms with Crippen molar-refractivity contribution in [3.8, 4) is 17.0 Å². The zero-order valence-electron chi connectivity index (χ0n) is 12.8. The molecule has 0 radical (unpaired) electrons. The normalized spacial score (nSPS) is 11.0. The highest BCUT2D eigenvalue weighted by atomic mass is 16.5. The summed E-state index contributed by atoms with van der Waals surface area (Å²) in [5.74, 6) is 0.860. The molecule has 3 aromatic rings. The Morgan fingerprint density at radius 3 is 2.48 bits per heavy atom. The molecule has 2 aromatic heterocycles. The summed E-state index contributed by atoms with van der Waals surface area (Å²) < 4.78 is 7.22. The first-order valence-corrected chi connectivity index (χ1v) is 6.91. The molecular formula is C17H19N3O. The third kappa shape index (κ3) is 2.13. The maximum absolute atomic E-state index is 6.12. The summed E-state index contributed by atoms with van der Waals surface area (Å²) in [6, 6.07) is 10.1. The Morgan fingerprint density at radius 2 is 1.81 bits per heavy atom. The SMILES string of the molecule is COc1ccc(-c2c(C)cc3c(N)cc(C)nn23)c(C)c1. The standard InChI is InChI=1S/C17H19N3O/c1-10-7-13(21-4)5-6-14(10)17-11(2)8-16-15(18)9-12(3)19-20(16)17/h5-9H,18H2,1-4H3. The fourth-order valence-corrected chi connectivity index (χ4v) is 2.77. The van der Waals surface area contributed by atoms with Gasteiger partial charge in [0.2, 0.25) is 0 Å². The van der Waals surface area contributed by atoms with E-state index >= 15 is 0 Å². The molecule has 0 atom stereocenters. The van der Waals surface area contributed by atoms with Crippen LogP contribution in [0.3, 0.4) is 0 Å². The molecule has 4 heteroatoms. The molecule has 0 spiro atoms. The minimum atomic E-state index is 0.753. The van der Waals surface area contributed by atoms with Gasteiger partial charge in [0.05, 0.1) is 29.7 Å². The summed E-state index contributed by atoms with van der Waals surface area (Å²) in [4.78, 5) is 0. The first-order chi connectivity index (χ1) is 10.0.